The number of Topliss-reactive ketones (excluding diaryl/α,β-unsaturated/α-hetero) is 1. The molecule has 0 atom stereocenters. The second-order valence-electron chi connectivity index (χ2n) is 10.5. The zero-order valence-electron chi connectivity index (χ0n) is 20.6. The van der Waals surface area contributed by atoms with Crippen molar-refractivity contribution < 1.29 is 22.4 Å². The van der Waals surface area contributed by atoms with E-state index in [1.165, 1.54) is 11.8 Å². The Kier molecular flexibility index (Phi) is 5.93. The Balaban J connectivity index is 1.18. The van der Waals surface area contributed by atoms with Crippen molar-refractivity contribution >= 4 is 35.0 Å². The van der Waals surface area contributed by atoms with Gasteiger partial charge in [0.15, 0.2) is 16.8 Å². The normalized spacial score (nSPS) is 19.7. The summed E-state index contributed by atoms with van der Waals surface area (Å²) in [6.45, 7) is 2.47. The van der Waals surface area contributed by atoms with Gasteiger partial charge in [-0.3, -0.25) is 9.89 Å². The van der Waals surface area contributed by atoms with Crippen molar-refractivity contribution in [2.45, 2.75) is 60.9 Å². The quantitative estimate of drug-likeness (QED) is 0.259. The minimum Gasteiger partial charge on any atom is -0.350 e. The minimum atomic E-state index is -4.50. The second kappa shape index (κ2) is 8.96. The van der Waals surface area contributed by atoms with Crippen LogP contribution in [-0.4, -0.2) is 50.9 Å². The van der Waals surface area contributed by atoms with Crippen LogP contribution in [0, 0.1) is 18.3 Å². The van der Waals surface area contributed by atoms with Crippen LogP contribution in [0.2, 0.25) is 0 Å². The lowest BCUT2D eigenvalue weighted by Crippen LogP contribution is -2.60. The van der Waals surface area contributed by atoms with E-state index in [1.54, 1.807) is 30.3 Å². The van der Waals surface area contributed by atoms with E-state index in [0.717, 1.165) is 23.4 Å². The Hall–Kier alpha value is -3.15. The number of nitrogens with zero attached hydrogens (tertiary/aromatic N) is 4. The second-order valence-corrected chi connectivity index (χ2v) is 11.6. The van der Waals surface area contributed by atoms with Gasteiger partial charge in [-0.05, 0) is 68.0 Å². The molecule has 0 bridgehead atoms. The van der Waals surface area contributed by atoms with Gasteiger partial charge in [0.2, 0.25) is 0 Å². The molecule has 38 heavy (non-hydrogen) atoms. The molecule has 6 rings (SSSR count). The van der Waals surface area contributed by atoms with Crippen molar-refractivity contribution in [2.75, 3.05) is 23.3 Å². The van der Waals surface area contributed by atoms with E-state index in [4.69, 9.17) is 0 Å². The highest BCUT2D eigenvalue weighted by Crippen LogP contribution is 2.58. The number of halogens is 4. The van der Waals surface area contributed by atoms with Gasteiger partial charge in [0.25, 0.3) is 0 Å². The molecule has 1 aromatic carbocycles. The monoisotopic (exact) mass is 546 g/mol. The fourth-order valence-electron chi connectivity index (χ4n) is 4.89. The lowest BCUT2D eigenvalue weighted by molar-refractivity contribution is -0.190. The molecule has 0 radical (unpaired) electrons. The molecule has 0 spiro atoms. The number of aromatic nitrogens is 4. The Morgan fingerprint density at radius 3 is 2.42 bits per heavy atom. The topological polar surface area (TPSA) is 86.8 Å². The number of ketones is 1. The number of anilines is 3. The Morgan fingerprint density at radius 1 is 1.13 bits per heavy atom. The molecule has 7 nitrogen and oxygen atoms in total. The summed E-state index contributed by atoms with van der Waals surface area (Å²) in [5.74, 6) is 1.06. The highest BCUT2D eigenvalue weighted by atomic mass is 32.2. The highest BCUT2D eigenvalue weighted by Gasteiger charge is 2.67. The van der Waals surface area contributed by atoms with Crippen molar-refractivity contribution in [3.8, 4) is 0 Å². The van der Waals surface area contributed by atoms with Gasteiger partial charge in [0.1, 0.15) is 22.7 Å². The molecular weight excluding hydrogens is 520 g/mol. The predicted molar refractivity (Wildman–Crippen MR) is 134 cm³/mol. The van der Waals surface area contributed by atoms with Crippen molar-refractivity contribution in [3.05, 3.63) is 47.7 Å². The van der Waals surface area contributed by atoms with E-state index < -0.39 is 23.0 Å². The summed E-state index contributed by atoms with van der Waals surface area (Å²) in [6.07, 6.45) is -3.16. The average Bonchev–Trinajstić information content (AvgIpc) is 3.75. The average molecular weight is 547 g/mol. The van der Waals surface area contributed by atoms with Crippen molar-refractivity contribution in [1.29, 1.82) is 0 Å². The number of H-pyrrole nitrogens is 1. The first-order valence-corrected chi connectivity index (χ1v) is 13.3. The third kappa shape index (κ3) is 4.85. The van der Waals surface area contributed by atoms with E-state index >= 15 is 0 Å². The molecule has 2 aromatic heterocycles. The van der Waals surface area contributed by atoms with Crippen LogP contribution < -0.4 is 10.2 Å². The van der Waals surface area contributed by atoms with Gasteiger partial charge in [0.05, 0.1) is 13.1 Å². The number of rotatable bonds is 9. The van der Waals surface area contributed by atoms with Gasteiger partial charge in [-0.25, -0.2) is 14.4 Å². The van der Waals surface area contributed by atoms with E-state index in [9.17, 15) is 22.4 Å². The molecule has 3 aromatic rings. The summed E-state index contributed by atoms with van der Waals surface area (Å²) in [4.78, 5) is 24.2. The highest BCUT2D eigenvalue weighted by molar-refractivity contribution is 7.99. The summed E-state index contributed by atoms with van der Waals surface area (Å²) in [6, 6.07) is 10.4. The number of hydrogen-bond donors (Lipinski definition) is 2. The molecule has 3 fully saturated rings. The molecule has 1 saturated heterocycles. The van der Waals surface area contributed by atoms with Gasteiger partial charge < -0.3 is 10.2 Å². The first-order valence-electron chi connectivity index (χ1n) is 12.5. The number of alkyl halides is 4. The van der Waals surface area contributed by atoms with Gasteiger partial charge in [-0.15, -0.1) is 0 Å². The van der Waals surface area contributed by atoms with E-state index in [-0.39, 0.29) is 25.2 Å². The first kappa shape index (κ1) is 25.1. The maximum Gasteiger partial charge on any atom is 0.401 e. The molecule has 3 aliphatic rings. The zero-order chi connectivity index (χ0) is 26.7. The molecular formula is C26H26F4N6OS. The van der Waals surface area contributed by atoms with Gasteiger partial charge in [-0.2, -0.15) is 18.3 Å². The van der Waals surface area contributed by atoms with Crippen LogP contribution >= 0.6 is 11.8 Å². The van der Waals surface area contributed by atoms with Crippen LogP contribution in [0.25, 0.3) is 0 Å². The maximum atomic E-state index is 15.0. The number of nitrogens with one attached hydrogen (secondary N) is 2. The summed E-state index contributed by atoms with van der Waals surface area (Å²) in [5.41, 5.74) is -1.92. The first-order chi connectivity index (χ1) is 18.0. The van der Waals surface area contributed by atoms with Crippen LogP contribution in [0.5, 0.6) is 0 Å². The van der Waals surface area contributed by atoms with Crippen LogP contribution in [0.3, 0.4) is 0 Å². The lowest BCUT2D eigenvalue weighted by Gasteiger charge is -2.45. The number of aryl methyl sites for hydroxylation is 1. The molecule has 2 aliphatic carbocycles. The minimum absolute atomic E-state index is 0.133. The zero-order valence-corrected chi connectivity index (χ0v) is 21.4. The van der Waals surface area contributed by atoms with Crippen LogP contribution in [0.1, 0.15) is 36.9 Å². The fraction of sp³-hybridized carbons (Fsp3) is 0.462. The third-order valence-corrected chi connectivity index (χ3v) is 8.39. The third-order valence-electron chi connectivity index (χ3n) is 7.52. The van der Waals surface area contributed by atoms with Gasteiger partial charge in [0, 0.05) is 29.1 Å². The summed E-state index contributed by atoms with van der Waals surface area (Å²) >= 11 is 1.28. The number of carbonyl (C=O) groups is 1. The standard InChI is InChI=1S/C26H26F4N6OS/c1-15-10-21(35-34-15)31-20-12-22(36-13-25(27,14-36)17-4-5-17)33-23(32-20)38-18-6-2-16(3-7-18)11-19(37)24(8-9-24)26(28,29)30/h2-3,6-7,10,12,17H,4-5,8-9,11,13-14H2,1H3,(H2,31,32,33,34,35). The van der Waals surface area contributed by atoms with E-state index in [1.807, 2.05) is 17.9 Å². The van der Waals surface area contributed by atoms with Crippen molar-refractivity contribution in [3.63, 3.8) is 0 Å². The number of carbonyl (C=O) groups excluding carboxylic acids is 1. The van der Waals surface area contributed by atoms with Crippen LogP contribution in [-0.2, 0) is 11.2 Å². The lowest BCUT2D eigenvalue weighted by atomic mass is 9.91. The predicted octanol–water partition coefficient (Wildman–Crippen LogP) is 5.80. The summed E-state index contributed by atoms with van der Waals surface area (Å²) in [5, 5.41) is 10.6. The van der Waals surface area contributed by atoms with Crippen molar-refractivity contribution in [1.82, 2.24) is 20.2 Å². The summed E-state index contributed by atoms with van der Waals surface area (Å²) < 4.78 is 54.8. The molecule has 0 amide bonds. The Bertz CT molecular complexity index is 1360. The van der Waals surface area contributed by atoms with Gasteiger partial charge >= 0.3 is 6.18 Å². The van der Waals surface area contributed by atoms with E-state index in [2.05, 4.69) is 25.5 Å². The Morgan fingerprint density at radius 2 is 1.84 bits per heavy atom. The molecule has 1 aliphatic heterocycles. The maximum absolute atomic E-state index is 15.0. The number of hydrogen-bond acceptors (Lipinski definition) is 7. The molecule has 2 saturated carbocycles. The SMILES string of the molecule is Cc1cc(Nc2cc(N3CC(F)(C4CC4)C3)nc(Sc3ccc(CC(=O)C4(C(F)(F)F)CC4)cc3)n2)n[nH]1. The Labute approximate surface area is 220 Å². The molecule has 12 heteroatoms. The molecule has 2 N–H and O–H groups in total. The van der Waals surface area contributed by atoms with E-state index in [0.29, 0.717) is 41.3 Å². The summed E-state index contributed by atoms with van der Waals surface area (Å²) in [7, 11) is 0. The number of aromatic amines is 1. The van der Waals surface area contributed by atoms with Crippen molar-refractivity contribution in [2.24, 2.45) is 11.3 Å². The smallest absolute Gasteiger partial charge is 0.350 e. The molecule has 0 unspecified atom stereocenters. The number of benzene rings is 1. The molecule has 200 valence electrons. The van der Waals surface area contributed by atoms with Crippen LogP contribution in [0.4, 0.5) is 35.0 Å². The van der Waals surface area contributed by atoms with Crippen LogP contribution in [0.15, 0.2) is 46.5 Å². The molecule has 3 heterocycles. The largest absolute Gasteiger partial charge is 0.401 e. The van der Waals surface area contributed by atoms with Gasteiger partial charge in [-0.1, -0.05) is 12.1 Å². The fourth-order valence-corrected chi connectivity index (χ4v) is 5.65.